The molecular formula is C22H23N3O3. The molecule has 0 atom stereocenters. The number of carbonyl (C=O) groups is 1. The minimum atomic E-state index is -0.266. The van der Waals surface area contributed by atoms with E-state index in [-0.39, 0.29) is 6.03 Å². The van der Waals surface area contributed by atoms with Gasteiger partial charge in [0.2, 0.25) is 0 Å². The predicted octanol–water partition coefficient (Wildman–Crippen LogP) is 4.00. The summed E-state index contributed by atoms with van der Waals surface area (Å²) in [7, 11) is 0. The first kappa shape index (κ1) is 19.4. The standard InChI is InChI=1S/C22H23N3O3/c26-22(24-16-19-7-5-11-23-15-19)25-20-8-4-6-18(14-20)17-27-12-13-28-21-9-2-1-3-10-21/h1-11,14-15H,12-13,16-17H2,(H2,24,25,26). The third kappa shape index (κ3) is 6.74. The summed E-state index contributed by atoms with van der Waals surface area (Å²) < 4.78 is 11.2. The second kappa shape index (κ2) is 10.7. The summed E-state index contributed by atoms with van der Waals surface area (Å²) >= 11 is 0. The number of aromatic nitrogens is 1. The van der Waals surface area contributed by atoms with Crippen LogP contribution in [0.25, 0.3) is 0 Å². The van der Waals surface area contributed by atoms with Gasteiger partial charge in [0.05, 0.1) is 13.2 Å². The van der Waals surface area contributed by atoms with E-state index in [0.29, 0.717) is 32.1 Å². The van der Waals surface area contributed by atoms with Crippen LogP contribution in [-0.2, 0) is 17.9 Å². The van der Waals surface area contributed by atoms with Gasteiger partial charge in [0.1, 0.15) is 12.4 Å². The molecule has 0 aliphatic heterocycles. The number of urea groups is 1. The highest BCUT2D eigenvalue weighted by molar-refractivity contribution is 5.89. The van der Waals surface area contributed by atoms with Gasteiger partial charge in [-0.25, -0.2) is 4.79 Å². The molecule has 0 saturated carbocycles. The minimum Gasteiger partial charge on any atom is -0.491 e. The smallest absolute Gasteiger partial charge is 0.319 e. The molecule has 0 radical (unpaired) electrons. The molecule has 28 heavy (non-hydrogen) atoms. The summed E-state index contributed by atoms with van der Waals surface area (Å²) in [6, 6.07) is 20.7. The zero-order chi connectivity index (χ0) is 19.4. The van der Waals surface area contributed by atoms with Crippen LogP contribution in [-0.4, -0.2) is 24.2 Å². The molecule has 1 heterocycles. The maximum atomic E-state index is 12.0. The molecule has 0 unspecified atom stereocenters. The predicted molar refractivity (Wildman–Crippen MR) is 108 cm³/mol. The lowest BCUT2D eigenvalue weighted by Gasteiger charge is -2.10. The Hall–Kier alpha value is -3.38. The second-order valence-electron chi connectivity index (χ2n) is 6.08. The first-order valence-electron chi connectivity index (χ1n) is 9.08. The van der Waals surface area contributed by atoms with Gasteiger partial charge in [0.25, 0.3) is 0 Å². The van der Waals surface area contributed by atoms with Gasteiger partial charge in [-0.05, 0) is 41.5 Å². The van der Waals surface area contributed by atoms with E-state index in [1.54, 1.807) is 12.4 Å². The molecule has 0 aliphatic rings. The molecule has 2 aromatic carbocycles. The number of rotatable bonds is 9. The Labute approximate surface area is 164 Å². The normalized spacial score (nSPS) is 10.3. The number of carbonyl (C=O) groups excluding carboxylic acids is 1. The van der Waals surface area contributed by atoms with E-state index < -0.39 is 0 Å². The molecule has 0 spiro atoms. The van der Waals surface area contributed by atoms with Crippen LogP contribution in [0.5, 0.6) is 5.75 Å². The zero-order valence-electron chi connectivity index (χ0n) is 15.5. The number of pyridine rings is 1. The topological polar surface area (TPSA) is 72.5 Å². The molecule has 1 aromatic heterocycles. The van der Waals surface area contributed by atoms with Crippen LogP contribution < -0.4 is 15.4 Å². The van der Waals surface area contributed by atoms with Crippen LogP contribution in [0.15, 0.2) is 79.1 Å². The average molecular weight is 377 g/mol. The zero-order valence-corrected chi connectivity index (χ0v) is 15.5. The number of nitrogens with zero attached hydrogens (tertiary/aromatic N) is 1. The number of anilines is 1. The summed E-state index contributed by atoms with van der Waals surface area (Å²) in [5.74, 6) is 0.828. The minimum absolute atomic E-state index is 0.266. The van der Waals surface area contributed by atoms with Crippen molar-refractivity contribution >= 4 is 11.7 Å². The van der Waals surface area contributed by atoms with Crippen LogP contribution in [0.2, 0.25) is 0 Å². The Bertz CT molecular complexity index is 857. The fourth-order valence-electron chi connectivity index (χ4n) is 2.52. The van der Waals surface area contributed by atoms with E-state index in [1.165, 1.54) is 0 Å². The Morgan fingerprint density at radius 3 is 2.61 bits per heavy atom. The first-order chi connectivity index (χ1) is 13.8. The molecule has 3 aromatic rings. The van der Waals surface area contributed by atoms with Crippen LogP contribution in [0.3, 0.4) is 0 Å². The number of amides is 2. The summed E-state index contributed by atoms with van der Waals surface area (Å²) in [5.41, 5.74) is 2.63. The van der Waals surface area contributed by atoms with E-state index in [4.69, 9.17) is 9.47 Å². The Morgan fingerprint density at radius 1 is 0.929 bits per heavy atom. The van der Waals surface area contributed by atoms with Crippen molar-refractivity contribution < 1.29 is 14.3 Å². The fraction of sp³-hybridized carbons (Fsp3) is 0.182. The molecular weight excluding hydrogens is 354 g/mol. The van der Waals surface area contributed by atoms with E-state index >= 15 is 0 Å². The van der Waals surface area contributed by atoms with Crippen molar-refractivity contribution in [3.8, 4) is 5.75 Å². The number of nitrogens with one attached hydrogen (secondary N) is 2. The lowest BCUT2D eigenvalue weighted by molar-refractivity contribution is 0.0889. The quantitative estimate of drug-likeness (QED) is 0.553. The third-order valence-electron chi connectivity index (χ3n) is 3.87. The maximum Gasteiger partial charge on any atom is 0.319 e. The highest BCUT2D eigenvalue weighted by Gasteiger charge is 2.03. The van der Waals surface area contributed by atoms with E-state index in [0.717, 1.165) is 16.9 Å². The fourth-order valence-corrected chi connectivity index (χ4v) is 2.52. The van der Waals surface area contributed by atoms with Crippen molar-refractivity contribution in [3.05, 3.63) is 90.3 Å². The maximum absolute atomic E-state index is 12.0. The molecule has 6 nitrogen and oxygen atoms in total. The molecule has 0 saturated heterocycles. The number of para-hydroxylation sites is 1. The first-order valence-corrected chi connectivity index (χ1v) is 9.08. The average Bonchev–Trinajstić information content (AvgIpc) is 2.74. The van der Waals surface area contributed by atoms with Gasteiger partial charge in [-0.1, -0.05) is 36.4 Å². The summed E-state index contributed by atoms with van der Waals surface area (Å²) in [4.78, 5) is 16.1. The van der Waals surface area contributed by atoms with Gasteiger partial charge < -0.3 is 20.1 Å². The summed E-state index contributed by atoms with van der Waals surface area (Å²) in [6.07, 6.45) is 3.42. The number of benzene rings is 2. The molecule has 0 bridgehead atoms. The molecule has 144 valence electrons. The van der Waals surface area contributed by atoms with Crippen molar-refractivity contribution in [2.24, 2.45) is 0 Å². The Morgan fingerprint density at radius 2 is 1.79 bits per heavy atom. The van der Waals surface area contributed by atoms with Crippen molar-refractivity contribution in [1.29, 1.82) is 0 Å². The van der Waals surface area contributed by atoms with E-state index in [2.05, 4.69) is 15.6 Å². The summed E-state index contributed by atoms with van der Waals surface area (Å²) in [6.45, 7) is 1.84. The highest BCUT2D eigenvalue weighted by atomic mass is 16.5. The number of hydrogen-bond donors (Lipinski definition) is 2. The lowest BCUT2D eigenvalue weighted by Crippen LogP contribution is -2.28. The van der Waals surface area contributed by atoms with Gasteiger partial charge in [-0.3, -0.25) is 4.98 Å². The van der Waals surface area contributed by atoms with Crippen molar-refractivity contribution in [3.63, 3.8) is 0 Å². The largest absolute Gasteiger partial charge is 0.491 e. The van der Waals surface area contributed by atoms with Crippen LogP contribution in [0, 0.1) is 0 Å². The Balaban J connectivity index is 1.37. The van der Waals surface area contributed by atoms with Gasteiger partial charge in [-0.15, -0.1) is 0 Å². The van der Waals surface area contributed by atoms with Gasteiger partial charge in [0.15, 0.2) is 0 Å². The van der Waals surface area contributed by atoms with Gasteiger partial charge in [0, 0.05) is 24.6 Å². The molecule has 6 heteroatoms. The molecule has 0 aliphatic carbocycles. The second-order valence-corrected chi connectivity index (χ2v) is 6.08. The highest BCUT2D eigenvalue weighted by Crippen LogP contribution is 2.12. The Kier molecular flexibility index (Phi) is 7.40. The SMILES string of the molecule is O=C(NCc1cccnc1)Nc1cccc(COCCOc2ccccc2)c1. The van der Waals surface area contributed by atoms with Crippen LogP contribution >= 0.6 is 0 Å². The molecule has 3 rings (SSSR count). The van der Waals surface area contributed by atoms with E-state index in [9.17, 15) is 4.79 Å². The van der Waals surface area contributed by atoms with Crippen molar-refractivity contribution in [1.82, 2.24) is 10.3 Å². The molecule has 2 N–H and O–H groups in total. The van der Waals surface area contributed by atoms with Gasteiger partial charge >= 0.3 is 6.03 Å². The van der Waals surface area contributed by atoms with Crippen LogP contribution in [0.4, 0.5) is 10.5 Å². The molecule has 0 fully saturated rings. The summed E-state index contributed by atoms with van der Waals surface area (Å²) in [5, 5.41) is 5.63. The van der Waals surface area contributed by atoms with Crippen molar-refractivity contribution in [2.75, 3.05) is 18.5 Å². The van der Waals surface area contributed by atoms with Crippen molar-refractivity contribution in [2.45, 2.75) is 13.2 Å². The van der Waals surface area contributed by atoms with E-state index in [1.807, 2.05) is 66.7 Å². The lowest BCUT2D eigenvalue weighted by atomic mass is 10.2. The van der Waals surface area contributed by atoms with Gasteiger partial charge in [-0.2, -0.15) is 0 Å². The van der Waals surface area contributed by atoms with Crippen LogP contribution in [0.1, 0.15) is 11.1 Å². The monoisotopic (exact) mass is 377 g/mol. The number of hydrogen-bond acceptors (Lipinski definition) is 4. The third-order valence-corrected chi connectivity index (χ3v) is 3.87. The number of ether oxygens (including phenoxy) is 2. The molecule has 2 amide bonds.